The zero-order valence-electron chi connectivity index (χ0n) is 12.5. The first kappa shape index (κ1) is 14.7. The van der Waals surface area contributed by atoms with Crippen LogP contribution >= 0.6 is 0 Å². The first-order valence-corrected chi connectivity index (χ1v) is 7.82. The highest BCUT2D eigenvalue weighted by Crippen LogP contribution is 2.30. The summed E-state index contributed by atoms with van der Waals surface area (Å²) in [5, 5.41) is 13.3. The van der Waals surface area contributed by atoms with E-state index in [2.05, 4.69) is 20.1 Å². The van der Waals surface area contributed by atoms with Gasteiger partial charge in [-0.05, 0) is 12.8 Å². The van der Waals surface area contributed by atoms with Crippen LogP contribution in [0.5, 0.6) is 0 Å². The zero-order valence-corrected chi connectivity index (χ0v) is 12.5. The third-order valence-corrected chi connectivity index (χ3v) is 4.38. The second-order valence-corrected chi connectivity index (χ2v) is 5.79. The van der Waals surface area contributed by atoms with Gasteiger partial charge in [-0.15, -0.1) is 0 Å². The molecule has 2 aromatic heterocycles. The Morgan fingerprint density at radius 1 is 1.23 bits per heavy atom. The number of imidazole rings is 1. The summed E-state index contributed by atoms with van der Waals surface area (Å²) in [7, 11) is 0. The van der Waals surface area contributed by atoms with Crippen molar-refractivity contribution >= 4 is 5.71 Å². The Bertz CT molecular complexity index is 590. The fourth-order valence-corrected chi connectivity index (χ4v) is 3.27. The molecule has 2 heterocycles. The average Bonchev–Trinajstić information content (AvgIpc) is 3.11. The number of nitrogens with zero attached hydrogens (tertiary/aromatic N) is 5. The molecule has 6 nitrogen and oxygen atoms in total. The van der Waals surface area contributed by atoms with Crippen molar-refractivity contribution in [1.29, 1.82) is 0 Å². The Morgan fingerprint density at radius 2 is 2.09 bits per heavy atom. The maximum Gasteiger partial charge on any atom is 0.0952 e. The van der Waals surface area contributed by atoms with Crippen molar-refractivity contribution < 1.29 is 5.21 Å². The van der Waals surface area contributed by atoms with Gasteiger partial charge in [0.15, 0.2) is 0 Å². The first-order valence-electron chi connectivity index (χ1n) is 7.82. The number of hydrogen-bond acceptors (Lipinski definition) is 5. The lowest BCUT2D eigenvalue weighted by atomic mass is 9.82. The second-order valence-electron chi connectivity index (χ2n) is 5.79. The lowest BCUT2D eigenvalue weighted by Crippen LogP contribution is -2.29. The standard InChI is InChI=1S/C16H21N5O/c22-20-16(13-4-2-1-3-5-13)15(21-9-8-18-12-21)10-14-11-17-6-7-19-14/h6-9,11-13,15,22H,1-5,10H2/b20-16+. The van der Waals surface area contributed by atoms with E-state index >= 15 is 0 Å². The minimum Gasteiger partial charge on any atom is -0.411 e. The molecule has 1 atom stereocenters. The van der Waals surface area contributed by atoms with E-state index in [0.717, 1.165) is 24.2 Å². The fraction of sp³-hybridized carbons (Fsp3) is 0.500. The fourth-order valence-electron chi connectivity index (χ4n) is 3.27. The van der Waals surface area contributed by atoms with Crippen LogP contribution in [-0.4, -0.2) is 30.4 Å². The molecule has 3 rings (SSSR count). The van der Waals surface area contributed by atoms with Gasteiger partial charge in [-0.25, -0.2) is 4.98 Å². The Kier molecular flexibility index (Phi) is 4.78. The number of oxime groups is 1. The molecule has 1 aliphatic rings. The Labute approximate surface area is 129 Å². The maximum absolute atomic E-state index is 9.64. The number of rotatable bonds is 5. The normalized spacial score (nSPS) is 18.3. The molecule has 0 bridgehead atoms. The first-order chi connectivity index (χ1) is 10.9. The van der Waals surface area contributed by atoms with Gasteiger partial charge < -0.3 is 9.77 Å². The van der Waals surface area contributed by atoms with Crippen molar-refractivity contribution in [3.05, 3.63) is 43.0 Å². The highest BCUT2D eigenvalue weighted by molar-refractivity contribution is 5.90. The molecule has 0 aromatic carbocycles. The molecule has 1 saturated carbocycles. The third kappa shape index (κ3) is 3.32. The molecule has 0 aliphatic heterocycles. The van der Waals surface area contributed by atoms with Gasteiger partial charge in [0.1, 0.15) is 0 Å². The summed E-state index contributed by atoms with van der Waals surface area (Å²) in [5.41, 5.74) is 1.72. The molecule has 1 fully saturated rings. The maximum atomic E-state index is 9.64. The van der Waals surface area contributed by atoms with Crippen LogP contribution in [0.25, 0.3) is 0 Å². The van der Waals surface area contributed by atoms with Crippen LogP contribution < -0.4 is 0 Å². The Morgan fingerprint density at radius 3 is 2.73 bits per heavy atom. The van der Waals surface area contributed by atoms with E-state index in [0.29, 0.717) is 12.3 Å². The topological polar surface area (TPSA) is 76.2 Å². The van der Waals surface area contributed by atoms with Gasteiger partial charge >= 0.3 is 0 Å². The average molecular weight is 299 g/mol. The Balaban J connectivity index is 1.87. The van der Waals surface area contributed by atoms with E-state index in [9.17, 15) is 5.21 Å². The molecule has 6 heteroatoms. The van der Waals surface area contributed by atoms with Crippen molar-refractivity contribution in [1.82, 2.24) is 19.5 Å². The third-order valence-electron chi connectivity index (χ3n) is 4.38. The van der Waals surface area contributed by atoms with Crippen molar-refractivity contribution in [2.45, 2.75) is 44.6 Å². The van der Waals surface area contributed by atoms with Crippen molar-refractivity contribution in [2.24, 2.45) is 11.1 Å². The molecule has 1 aliphatic carbocycles. The summed E-state index contributed by atoms with van der Waals surface area (Å²) >= 11 is 0. The molecule has 1 unspecified atom stereocenters. The quantitative estimate of drug-likeness (QED) is 0.523. The molecule has 1 N–H and O–H groups in total. The second kappa shape index (κ2) is 7.15. The summed E-state index contributed by atoms with van der Waals surface area (Å²) in [5.74, 6) is 0.336. The van der Waals surface area contributed by atoms with Crippen LogP contribution in [0.1, 0.15) is 43.8 Å². The molecular formula is C16H21N5O. The largest absolute Gasteiger partial charge is 0.411 e. The summed E-state index contributed by atoms with van der Waals surface area (Å²) in [6.45, 7) is 0. The summed E-state index contributed by atoms with van der Waals surface area (Å²) in [6.07, 6.45) is 17.1. The molecule has 22 heavy (non-hydrogen) atoms. The minimum atomic E-state index is -0.0627. The number of hydrogen-bond donors (Lipinski definition) is 1. The highest BCUT2D eigenvalue weighted by atomic mass is 16.4. The van der Waals surface area contributed by atoms with E-state index in [1.54, 1.807) is 31.1 Å². The van der Waals surface area contributed by atoms with Crippen LogP contribution in [0.3, 0.4) is 0 Å². The SMILES string of the molecule is O/N=C(\C1CCCCC1)C(Cc1cnccn1)n1ccnc1. The molecule has 116 valence electrons. The van der Waals surface area contributed by atoms with E-state index in [4.69, 9.17) is 0 Å². The summed E-state index contributed by atoms with van der Waals surface area (Å²) < 4.78 is 2.00. The van der Waals surface area contributed by atoms with E-state index in [1.165, 1.54) is 19.3 Å². The molecule has 0 radical (unpaired) electrons. The monoisotopic (exact) mass is 299 g/mol. The van der Waals surface area contributed by atoms with Gasteiger partial charge in [-0.2, -0.15) is 0 Å². The van der Waals surface area contributed by atoms with Gasteiger partial charge in [0, 0.05) is 43.3 Å². The van der Waals surface area contributed by atoms with Gasteiger partial charge in [0.25, 0.3) is 0 Å². The lowest BCUT2D eigenvalue weighted by Gasteiger charge is -2.28. The smallest absolute Gasteiger partial charge is 0.0952 e. The summed E-state index contributed by atoms with van der Waals surface area (Å²) in [4.78, 5) is 12.6. The Hall–Kier alpha value is -2.24. The van der Waals surface area contributed by atoms with Crippen LogP contribution in [0.4, 0.5) is 0 Å². The van der Waals surface area contributed by atoms with Crippen molar-refractivity contribution in [2.75, 3.05) is 0 Å². The molecular weight excluding hydrogens is 278 g/mol. The predicted octanol–water partition coefficient (Wildman–Crippen LogP) is 2.87. The van der Waals surface area contributed by atoms with E-state index in [-0.39, 0.29) is 6.04 Å². The van der Waals surface area contributed by atoms with Gasteiger partial charge in [0.2, 0.25) is 0 Å². The van der Waals surface area contributed by atoms with Gasteiger partial charge in [-0.1, -0.05) is 24.4 Å². The van der Waals surface area contributed by atoms with E-state index in [1.807, 2.05) is 10.8 Å². The summed E-state index contributed by atoms with van der Waals surface area (Å²) in [6, 6.07) is -0.0627. The highest BCUT2D eigenvalue weighted by Gasteiger charge is 2.28. The molecule has 2 aromatic rings. The van der Waals surface area contributed by atoms with Gasteiger partial charge in [-0.3, -0.25) is 9.97 Å². The van der Waals surface area contributed by atoms with Crippen molar-refractivity contribution in [3.63, 3.8) is 0 Å². The van der Waals surface area contributed by atoms with E-state index < -0.39 is 0 Å². The minimum absolute atomic E-state index is 0.0627. The molecule has 0 spiro atoms. The predicted molar refractivity (Wildman–Crippen MR) is 82.8 cm³/mol. The van der Waals surface area contributed by atoms with Crippen LogP contribution in [0.15, 0.2) is 42.5 Å². The number of aromatic nitrogens is 4. The van der Waals surface area contributed by atoms with Crippen LogP contribution in [-0.2, 0) is 6.42 Å². The molecule has 0 saturated heterocycles. The van der Waals surface area contributed by atoms with Crippen molar-refractivity contribution in [3.8, 4) is 0 Å². The van der Waals surface area contributed by atoms with Gasteiger partial charge in [0.05, 0.1) is 23.8 Å². The van der Waals surface area contributed by atoms with Crippen LogP contribution in [0, 0.1) is 5.92 Å². The lowest BCUT2D eigenvalue weighted by molar-refractivity contribution is 0.302. The zero-order chi connectivity index (χ0) is 15.2. The molecule has 0 amide bonds. The van der Waals surface area contributed by atoms with Crippen LogP contribution in [0.2, 0.25) is 0 Å².